The Labute approximate surface area is 191 Å². The minimum atomic E-state index is -0.0960. The molecule has 2 aliphatic rings. The van der Waals surface area contributed by atoms with E-state index >= 15 is 0 Å². The number of nitrogens with one attached hydrogen (secondary N) is 1. The molecule has 166 valence electrons. The Balaban J connectivity index is 1.33. The highest BCUT2D eigenvalue weighted by Gasteiger charge is 2.26. The molecule has 1 aliphatic heterocycles. The molecular formula is C23H24ClN5O3. The zero-order valence-corrected chi connectivity index (χ0v) is 18.3. The van der Waals surface area contributed by atoms with Crippen LogP contribution in [0.25, 0.3) is 5.69 Å². The number of carbonyl (C=O) groups excluding carboxylic acids is 1. The molecule has 0 saturated heterocycles. The van der Waals surface area contributed by atoms with Crippen LogP contribution in [0.15, 0.2) is 49.1 Å². The van der Waals surface area contributed by atoms with Crippen molar-refractivity contribution in [3.8, 4) is 17.2 Å². The Morgan fingerprint density at radius 1 is 1.16 bits per heavy atom. The molecule has 8 nitrogen and oxygen atoms in total. The minimum Gasteiger partial charge on any atom is -0.454 e. The maximum absolute atomic E-state index is 13.1. The molecule has 1 aliphatic carbocycles. The number of hydrogen-bond donors (Lipinski definition) is 1. The van der Waals surface area contributed by atoms with Crippen LogP contribution in [0.3, 0.4) is 0 Å². The maximum atomic E-state index is 13.1. The van der Waals surface area contributed by atoms with Crippen molar-refractivity contribution >= 4 is 23.2 Å². The Bertz CT molecular complexity index is 1100. The fraction of sp³-hybridized carbons (Fsp3) is 0.348. The van der Waals surface area contributed by atoms with Crippen molar-refractivity contribution in [2.75, 3.05) is 18.7 Å². The van der Waals surface area contributed by atoms with E-state index in [1.54, 1.807) is 23.1 Å². The van der Waals surface area contributed by atoms with Crippen LogP contribution in [0.5, 0.6) is 11.5 Å². The first-order valence-corrected chi connectivity index (χ1v) is 11.1. The molecule has 0 spiro atoms. The fourth-order valence-electron chi connectivity index (χ4n) is 4.37. The summed E-state index contributed by atoms with van der Waals surface area (Å²) in [6.45, 7) is 1.20. The second-order valence-corrected chi connectivity index (χ2v) is 8.52. The number of anilines is 1. The van der Waals surface area contributed by atoms with Gasteiger partial charge in [-0.3, -0.25) is 9.69 Å². The number of rotatable bonds is 7. The summed E-state index contributed by atoms with van der Waals surface area (Å²) in [6.07, 6.45) is 7.61. The molecular weight excluding hydrogens is 430 g/mol. The highest BCUT2D eigenvalue weighted by Crippen LogP contribution is 2.34. The van der Waals surface area contributed by atoms with Crippen LogP contribution in [0.4, 0.5) is 5.69 Å². The molecule has 1 fully saturated rings. The van der Waals surface area contributed by atoms with Crippen LogP contribution in [0.2, 0.25) is 5.02 Å². The monoisotopic (exact) mass is 453 g/mol. The number of hydrogen-bond acceptors (Lipinski definition) is 6. The van der Waals surface area contributed by atoms with E-state index in [-0.39, 0.29) is 19.2 Å². The first kappa shape index (κ1) is 20.8. The second-order valence-electron chi connectivity index (χ2n) is 8.08. The molecule has 1 N–H and O–H groups in total. The predicted molar refractivity (Wildman–Crippen MR) is 120 cm³/mol. The normalized spacial score (nSPS) is 15.4. The van der Waals surface area contributed by atoms with Crippen LogP contribution >= 0.6 is 11.6 Å². The van der Waals surface area contributed by atoms with Gasteiger partial charge in [-0.25, -0.2) is 9.67 Å². The van der Waals surface area contributed by atoms with E-state index in [1.807, 2.05) is 24.3 Å². The highest BCUT2D eigenvalue weighted by atomic mass is 35.5. The third-order valence-corrected chi connectivity index (χ3v) is 6.14. The third kappa shape index (κ3) is 4.56. The van der Waals surface area contributed by atoms with Gasteiger partial charge in [0.05, 0.1) is 17.9 Å². The Morgan fingerprint density at radius 2 is 2.00 bits per heavy atom. The van der Waals surface area contributed by atoms with Gasteiger partial charge in [-0.2, -0.15) is 5.10 Å². The quantitative estimate of drug-likeness (QED) is 0.581. The van der Waals surface area contributed by atoms with E-state index in [0.717, 1.165) is 29.9 Å². The summed E-state index contributed by atoms with van der Waals surface area (Å²) in [4.78, 5) is 19.3. The van der Waals surface area contributed by atoms with Gasteiger partial charge in [0, 0.05) is 17.6 Å². The minimum absolute atomic E-state index is 0.0960. The number of nitrogens with zero attached hydrogens (tertiary/aromatic N) is 4. The number of carbonyl (C=O) groups is 1. The molecule has 0 bridgehead atoms. The maximum Gasteiger partial charge on any atom is 0.238 e. The average Bonchev–Trinajstić information content (AvgIpc) is 3.55. The highest BCUT2D eigenvalue weighted by molar-refractivity contribution is 6.31. The lowest BCUT2D eigenvalue weighted by Gasteiger charge is -2.28. The summed E-state index contributed by atoms with van der Waals surface area (Å²) in [5, 5.41) is 7.73. The van der Waals surface area contributed by atoms with E-state index < -0.39 is 0 Å². The van der Waals surface area contributed by atoms with Crippen LogP contribution in [0.1, 0.15) is 31.2 Å². The summed E-state index contributed by atoms with van der Waals surface area (Å²) in [5.41, 5.74) is 2.41. The van der Waals surface area contributed by atoms with Crippen LogP contribution in [0, 0.1) is 0 Å². The second kappa shape index (κ2) is 9.18. The van der Waals surface area contributed by atoms with Crippen LogP contribution < -0.4 is 14.8 Å². The molecule has 2 heterocycles. The van der Waals surface area contributed by atoms with E-state index in [2.05, 4.69) is 20.3 Å². The first-order chi connectivity index (χ1) is 15.7. The van der Waals surface area contributed by atoms with Crippen molar-refractivity contribution in [2.24, 2.45) is 0 Å². The molecule has 9 heteroatoms. The largest absolute Gasteiger partial charge is 0.454 e. The molecule has 1 aromatic heterocycles. The van der Waals surface area contributed by atoms with Gasteiger partial charge in [-0.05, 0) is 48.7 Å². The van der Waals surface area contributed by atoms with Crippen LogP contribution in [-0.2, 0) is 11.3 Å². The van der Waals surface area contributed by atoms with Crippen molar-refractivity contribution in [3.05, 3.63) is 59.6 Å². The van der Waals surface area contributed by atoms with Crippen molar-refractivity contribution in [1.29, 1.82) is 0 Å². The SMILES string of the molecule is O=C(CN(Cc1ccc2c(c1)OCO2)C1CCCC1)Nc1cc(Cl)ccc1-n1cncn1. The molecule has 0 unspecified atom stereocenters. The zero-order chi connectivity index (χ0) is 21.9. The van der Waals surface area contributed by atoms with Gasteiger partial charge in [0.25, 0.3) is 0 Å². The third-order valence-electron chi connectivity index (χ3n) is 5.91. The molecule has 2 aromatic carbocycles. The summed E-state index contributed by atoms with van der Waals surface area (Å²) in [5.74, 6) is 1.43. The van der Waals surface area contributed by atoms with Crippen molar-refractivity contribution in [3.63, 3.8) is 0 Å². The first-order valence-electron chi connectivity index (χ1n) is 10.7. The van der Waals surface area contributed by atoms with Gasteiger partial charge in [-0.1, -0.05) is 30.5 Å². The molecule has 3 aromatic rings. The molecule has 1 saturated carbocycles. The summed E-state index contributed by atoms with van der Waals surface area (Å²) < 4.78 is 12.5. The van der Waals surface area contributed by atoms with Gasteiger partial charge in [-0.15, -0.1) is 0 Å². The Kier molecular flexibility index (Phi) is 5.96. The molecule has 0 radical (unpaired) electrons. The van der Waals surface area contributed by atoms with Gasteiger partial charge in [0.15, 0.2) is 11.5 Å². The predicted octanol–water partition coefficient (Wildman–Crippen LogP) is 4.03. The molecule has 0 atom stereocenters. The van der Waals surface area contributed by atoms with Gasteiger partial charge in [0.2, 0.25) is 12.7 Å². The molecule has 32 heavy (non-hydrogen) atoms. The van der Waals surface area contributed by atoms with Crippen molar-refractivity contribution < 1.29 is 14.3 Å². The molecule has 5 rings (SSSR count). The summed E-state index contributed by atoms with van der Waals surface area (Å²) >= 11 is 6.20. The van der Waals surface area contributed by atoms with Crippen molar-refractivity contribution in [2.45, 2.75) is 38.3 Å². The number of aromatic nitrogens is 3. The average molecular weight is 454 g/mol. The summed E-state index contributed by atoms with van der Waals surface area (Å²) in [7, 11) is 0. The standard InChI is InChI=1S/C23H24ClN5O3/c24-17-6-7-20(29-14-25-13-26-29)19(10-17)27-23(30)12-28(18-3-1-2-4-18)11-16-5-8-21-22(9-16)32-15-31-21/h5-10,13-14,18H,1-4,11-12,15H2,(H,27,30). The smallest absolute Gasteiger partial charge is 0.238 e. The number of ether oxygens (including phenoxy) is 2. The van der Waals surface area contributed by atoms with E-state index in [1.165, 1.54) is 19.2 Å². The van der Waals surface area contributed by atoms with E-state index in [0.29, 0.717) is 29.0 Å². The van der Waals surface area contributed by atoms with E-state index in [4.69, 9.17) is 21.1 Å². The van der Waals surface area contributed by atoms with Gasteiger partial charge >= 0.3 is 0 Å². The fourth-order valence-corrected chi connectivity index (χ4v) is 4.54. The lowest BCUT2D eigenvalue weighted by Crippen LogP contribution is -2.39. The van der Waals surface area contributed by atoms with E-state index in [9.17, 15) is 4.79 Å². The number of amides is 1. The number of fused-ring (bicyclic) bond motifs is 1. The Hall–Kier alpha value is -3.10. The lowest BCUT2D eigenvalue weighted by molar-refractivity contribution is -0.118. The number of halogens is 1. The topological polar surface area (TPSA) is 81.5 Å². The Morgan fingerprint density at radius 3 is 2.81 bits per heavy atom. The lowest BCUT2D eigenvalue weighted by atomic mass is 10.1. The van der Waals surface area contributed by atoms with Gasteiger partial charge < -0.3 is 14.8 Å². The molecule has 1 amide bonds. The van der Waals surface area contributed by atoms with Gasteiger partial charge in [0.1, 0.15) is 12.7 Å². The van der Waals surface area contributed by atoms with Crippen molar-refractivity contribution in [1.82, 2.24) is 19.7 Å². The van der Waals surface area contributed by atoms with Crippen LogP contribution in [-0.4, -0.2) is 45.0 Å². The number of benzene rings is 2. The zero-order valence-electron chi connectivity index (χ0n) is 17.5. The summed E-state index contributed by atoms with van der Waals surface area (Å²) in [6, 6.07) is 11.7.